The number of carbonyl (C=O) groups excluding carboxylic acids is 3. The number of ether oxygens (including phenoxy) is 3. The Kier molecular flexibility index (Phi) is 14.3. The van der Waals surface area contributed by atoms with Crippen molar-refractivity contribution in [2.45, 2.75) is 79.1 Å². The van der Waals surface area contributed by atoms with Crippen LogP contribution in [0.3, 0.4) is 0 Å². The van der Waals surface area contributed by atoms with E-state index in [1.165, 1.54) is 0 Å². The molecule has 7 heteroatoms. The van der Waals surface area contributed by atoms with Crippen LogP contribution in [-0.2, 0) is 23.8 Å². The van der Waals surface area contributed by atoms with Crippen molar-refractivity contribution in [1.29, 1.82) is 0 Å². The molecule has 0 aliphatic heterocycles. The smallest absolute Gasteiger partial charge is 0.407 e. The number of rotatable bonds is 15. The Labute approximate surface area is 163 Å². The van der Waals surface area contributed by atoms with E-state index in [-0.39, 0.29) is 25.1 Å². The van der Waals surface area contributed by atoms with Crippen molar-refractivity contribution in [3.63, 3.8) is 0 Å². The third-order valence-electron chi connectivity index (χ3n) is 4.31. The Morgan fingerprint density at radius 2 is 1.48 bits per heavy atom. The standard InChI is InChI=1S/C20H37NO6/c1-5-7-10-14-25-17(22)12-9-8-11-15-27-19(24)21-13-16-26-18(23)20(3,4)6-2/h5-16H2,1-4H3,(H,21,24). The Hall–Kier alpha value is -1.79. The van der Waals surface area contributed by atoms with Crippen molar-refractivity contribution in [3.8, 4) is 0 Å². The average molecular weight is 388 g/mol. The zero-order valence-electron chi connectivity index (χ0n) is 17.4. The molecule has 0 rings (SSSR count). The van der Waals surface area contributed by atoms with Gasteiger partial charge in [-0.05, 0) is 46.0 Å². The zero-order chi connectivity index (χ0) is 20.5. The highest BCUT2D eigenvalue weighted by molar-refractivity contribution is 5.75. The lowest BCUT2D eigenvalue weighted by Gasteiger charge is -2.20. The number of hydrogen-bond acceptors (Lipinski definition) is 6. The number of hydrogen-bond donors (Lipinski definition) is 1. The second-order valence-electron chi connectivity index (χ2n) is 7.17. The maximum atomic E-state index is 11.7. The number of carbonyl (C=O) groups is 3. The first-order valence-electron chi connectivity index (χ1n) is 10.1. The first-order chi connectivity index (χ1) is 12.8. The fraction of sp³-hybridized carbons (Fsp3) is 0.850. The van der Waals surface area contributed by atoms with Crippen LogP contribution >= 0.6 is 0 Å². The maximum absolute atomic E-state index is 11.7. The fourth-order valence-corrected chi connectivity index (χ4v) is 2.01. The van der Waals surface area contributed by atoms with Gasteiger partial charge in [-0.25, -0.2) is 4.79 Å². The molecular weight excluding hydrogens is 350 g/mol. The number of unbranched alkanes of at least 4 members (excludes halogenated alkanes) is 4. The van der Waals surface area contributed by atoms with Crippen LogP contribution in [0.2, 0.25) is 0 Å². The third-order valence-corrected chi connectivity index (χ3v) is 4.31. The van der Waals surface area contributed by atoms with E-state index < -0.39 is 11.5 Å². The quantitative estimate of drug-likeness (QED) is 0.260. The summed E-state index contributed by atoms with van der Waals surface area (Å²) < 4.78 is 15.3. The Morgan fingerprint density at radius 1 is 0.815 bits per heavy atom. The van der Waals surface area contributed by atoms with Crippen LogP contribution in [0.1, 0.15) is 79.1 Å². The minimum Gasteiger partial charge on any atom is -0.466 e. The summed E-state index contributed by atoms with van der Waals surface area (Å²) in [5.74, 6) is -0.436. The summed E-state index contributed by atoms with van der Waals surface area (Å²) >= 11 is 0. The first-order valence-corrected chi connectivity index (χ1v) is 10.1. The van der Waals surface area contributed by atoms with Gasteiger partial charge in [0.15, 0.2) is 0 Å². The summed E-state index contributed by atoms with van der Waals surface area (Å²) in [5.41, 5.74) is -0.511. The molecule has 0 radical (unpaired) electrons. The first kappa shape index (κ1) is 25.2. The van der Waals surface area contributed by atoms with Crippen molar-refractivity contribution < 1.29 is 28.6 Å². The molecule has 0 fully saturated rings. The Bertz CT molecular complexity index is 436. The van der Waals surface area contributed by atoms with Gasteiger partial charge in [-0.1, -0.05) is 26.7 Å². The minimum atomic E-state index is -0.531. The van der Waals surface area contributed by atoms with Crippen LogP contribution < -0.4 is 5.32 Å². The van der Waals surface area contributed by atoms with Gasteiger partial charge in [0.1, 0.15) is 6.61 Å². The molecule has 0 aliphatic carbocycles. The fourth-order valence-electron chi connectivity index (χ4n) is 2.01. The summed E-state index contributed by atoms with van der Waals surface area (Å²) in [6, 6.07) is 0. The number of nitrogens with one attached hydrogen (secondary N) is 1. The lowest BCUT2D eigenvalue weighted by Crippen LogP contribution is -2.32. The minimum absolute atomic E-state index is 0.123. The van der Waals surface area contributed by atoms with Gasteiger partial charge in [0.05, 0.1) is 25.2 Å². The second-order valence-corrected chi connectivity index (χ2v) is 7.17. The highest BCUT2D eigenvalue weighted by Gasteiger charge is 2.26. The van der Waals surface area contributed by atoms with Gasteiger partial charge in [-0.15, -0.1) is 0 Å². The number of alkyl carbamates (subject to hydrolysis) is 1. The Balaban J connectivity index is 3.51. The van der Waals surface area contributed by atoms with Gasteiger partial charge in [-0.3, -0.25) is 9.59 Å². The normalized spacial score (nSPS) is 11.0. The van der Waals surface area contributed by atoms with E-state index in [0.29, 0.717) is 32.5 Å². The topological polar surface area (TPSA) is 90.9 Å². The third kappa shape index (κ3) is 14.0. The number of amides is 1. The molecule has 0 aliphatic rings. The van der Waals surface area contributed by atoms with E-state index in [9.17, 15) is 14.4 Å². The molecule has 0 aromatic heterocycles. The van der Waals surface area contributed by atoms with Gasteiger partial charge in [0, 0.05) is 6.42 Å². The van der Waals surface area contributed by atoms with Gasteiger partial charge in [0.25, 0.3) is 0 Å². The Morgan fingerprint density at radius 3 is 2.15 bits per heavy atom. The van der Waals surface area contributed by atoms with Crippen LogP contribution in [0.15, 0.2) is 0 Å². The average Bonchev–Trinajstić information content (AvgIpc) is 2.64. The van der Waals surface area contributed by atoms with E-state index in [4.69, 9.17) is 14.2 Å². The number of esters is 2. The van der Waals surface area contributed by atoms with E-state index >= 15 is 0 Å². The molecule has 7 nitrogen and oxygen atoms in total. The van der Waals surface area contributed by atoms with Crippen molar-refractivity contribution in [3.05, 3.63) is 0 Å². The highest BCUT2D eigenvalue weighted by Crippen LogP contribution is 2.21. The highest BCUT2D eigenvalue weighted by atomic mass is 16.6. The molecule has 0 heterocycles. The van der Waals surface area contributed by atoms with Gasteiger partial charge in [-0.2, -0.15) is 0 Å². The molecule has 1 N–H and O–H groups in total. The molecule has 1 amide bonds. The maximum Gasteiger partial charge on any atom is 0.407 e. The molecular formula is C20H37NO6. The molecule has 158 valence electrons. The van der Waals surface area contributed by atoms with Gasteiger partial charge < -0.3 is 19.5 Å². The lowest BCUT2D eigenvalue weighted by molar-refractivity contribution is -0.154. The van der Waals surface area contributed by atoms with Crippen molar-refractivity contribution >= 4 is 18.0 Å². The molecule has 0 unspecified atom stereocenters. The predicted octanol–water partition coefficient (Wildman–Crippen LogP) is 3.99. The molecule has 0 bridgehead atoms. The molecule has 0 saturated carbocycles. The second kappa shape index (κ2) is 15.3. The molecule has 27 heavy (non-hydrogen) atoms. The summed E-state index contributed by atoms with van der Waals surface area (Å²) in [6.45, 7) is 8.81. The molecule has 0 atom stereocenters. The largest absolute Gasteiger partial charge is 0.466 e. The zero-order valence-corrected chi connectivity index (χ0v) is 17.4. The van der Waals surface area contributed by atoms with Crippen LogP contribution in [-0.4, -0.2) is 44.4 Å². The summed E-state index contributed by atoms with van der Waals surface area (Å²) in [4.78, 5) is 34.7. The van der Waals surface area contributed by atoms with E-state index in [2.05, 4.69) is 12.2 Å². The molecule has 0 aromatic rings. The van der Waals surface area contributed by atoms with Gasteiger partial charge >= 0.3 is 18.0 Å². The van der Waals surface area contributed by atoms with Crippen molar-refractivity contribution in [2.75, 3.05) is 26.4 Å². The summed E-state index contributed by atoms with van der Waals surface area (Å²) in [5, 5.41) is 2.54. The van der Waals surface area contributed by atoms with E-state index in [0.717, 1.165) is 32.1 Å². The van der Waals surface area contributed by atoms with Crippen LogP contribution in [0.5, 0.6) is 0 Å². The van der Waals surface area contributed by atoms with Crippen LogP contribution in [0.25, 0.3) is 0 Å². The SMILES string of the molecule is CCCCCOC(=O)CCCCCOC(=O)NCCOC(=O)C(C)(C)CC. The predicted molar refractivity (Wildman–Crippen MR) is 103 cm³/mol. The lowest BCUT2D eigenvalue weighted by atomic mass is 9.91. The monoisotopic (exact) mass is 387 g/mol. The van der Waals surface area contributed by atoms with Gasteiger partial charge in [0.2, 0.25) is 0 Å². The van der Waals surface area contributed by atoms with Crippen LogP contribution in [0, 0.1) is 5.41 Å². The van der Waals surface area contributed by atoms with Crippen molar-refractivity contribution in [2.24, 2.45) is 5.41 Å². The van der Waals surface area contributed by atoms with E-state index in [1.54, 1.807) is 0 Å². The molecule has 0 spiro atoms. The van der Waals surface area contributed by atoms with Crippen LogP contribution in [0.4, 0.5) is 4.79 Å². The van der Waals surface area contributed by atoms with E-state index in [1.807, 2.05) is 20.8 Å². The summed E-state index contributed by atoms with van der Waals surface area (Å²) in [6.07, 6.45) is 5.87. The van der Waals surface area contributed by atoms with Crippen molar-refractivity contribution in [1.82, 2.24) is 5.32 Å². The summed E-state index contributed by atoms with van der Waals surface area (Å²) in [7, 11) is 0. The molecule has 0 saturated heterocycles. The molecule has 0 aromatic carbocycles.